The van der Waals surface area contributed by atoms with Crippen LogP contribution in [0, 0.1) is 0 Å². The Labute approximate surface area is 281 Å². The van der Waals surface area contributed by atoms with Crippen LogP contribution in [0.2, 0.25) is 0 Å². The average molecular weight is 650 g/mol. The van der Waals surface area contributed by atoms with Gasteiger partial charge in [0.2, 0.25) is 0 Å². The molecule has 48 heavy (non-hydrogen) atoms. The van der Waals surface area contributed by atoms with Gasteiger partial charge >= 0.3 is 0 Å². The summed E-state index contributed by atoms with van der Waals surface area (Å²) in [4.78, 5) is 47.3. The van der Waals surface area contributed by atoms with E-state index in [1.54, 1.807) is 37.0 Å². The Kier molecular flexibility index (Phi) is 9.82. The van der Waals surface area contributed by atoms with E-state index in [1.165, 1.54) is 10.5 Å². The van der Waals surface area contributed by atoms with Crippen LogP contribution in [-0.4, -0.2) is 79.0 Å². The van der Waals surface area contributed by atoms with Gasteiger partial charge in [-0.1, -0.05) is 42.5 Å². The molecular weight excluding hydrogens is 606 g/mol. The number of imide groups is 1. The number of methoxy groups -OCH3 is 2. The van der Waals surface area contributed by atoms with E-state index in [9.17, 15) is 14.4 Å². The van der Waals surface area contributed by atoms with Gasteiger partial charge in [-0.25, -0.2) is 0 Å². The van der Waals surface area contributed by atoms with Crippen LogP contribution in [0.4, 0.5) is 5.69 Å². The first kappa shape index (κ1) is 32.8. The molecule has 1 fully saturated rings. The molecule has 0 saturated carbocycles. The highest BCUT2D eigenvalue weighted by Crippen LogP contribution is 2.40. The SMILES string of the molecule is COc1ccc([C@@H](CCCNC(=O)c2cccn2C)N2C(=O)c3cccc(N4CCN([C@H](C)c5ccccc5)CC4)c3C2=O)cc1OC. The number of carbonyl (C=O) groups is 3. The van der Waals surface area contributed by atoms with E-state index in [1.807, 2.05) is 49.6 Å². The summed E-state index contributed by atoms with van der Waals surface area (Å²) in [6.45, 7) is 5.79. The number of carbonyl (C=O) groups excluding carboxylic acids is 3. The molecule has 2 atom stereocenters. The van der Waals surface area contributed by atoms with Crippen LogP contribution in [0.1, 0.15) is 74.2 Å². The van der Waals surface area contributed by atoms with E-state index in [0.29, 0.717) is 47.7 Å². The lowest BCUT2D eigenvalue weighted by molar-refractivity contribution is 0.0570. The first-order valence-corrected chi connectivity index (χ1v) is 16.5. The third kappa shape index (κ3) is 6.40. The Morgan fingerprint density at radius 1 is 0.833 bits per heavy atom. The molecule has 250 valence electrons. The van der Waals surface area contributed by atoms with Crippen molar-refractivity contribution in [3.05, 3.63) is 113 Å². The number of aromatic nitrogens is 1. The minimum atomic E-state index is -0.583. The summed E-state index contributed by atoms with van der Waals surface area (Å²) in [5.41, 5.74) is 4.26. The molecule has 0 aliphatic carbocycles. The Hall–Kier alpha value is -5.09. The number of aryl methyl sites for hydroxylation is 1. The molecule has 6 rings (SSSR count). The summed E-state index contributed by atoms with van der Waals surface area (Å²) in [7, 11) is 4.95. The summed E-state index contributed by atoms with van der Waals surface area (Å²) in [5, 5.41) is 2.97. The van der Waals surface area contributed by atoms with Crippen molar-refractivity contribution in [1.82, 2.24) is 19.7 Å². The van der Waals surface area contributed by atoms with E-state index in [4.69, 9.17) is 9.47 Å². The van der Waals surface area contributed by atoms with Gasteiger partial charge < -0.3 is 24.3 Å². The molecule has 0 spiro atoms. The van der Waals surface area contributed by atoms with Crippen LogP contribution in [-0.2, 0) is 7.05 Å². The quantitative estimate of drug-likeness (QED) is 0.161. The lowest BCUT2D eigenvalue weighted by Crippen LogP contribution is -2.47. The number of fused-ring (bicyclic) bond motifs is 1. The lowest BCUT2D eigenvalue weighted by atomic mass is 9.99. The van der Waals surface area contributed by atoms with Crippen molar-refractivity contribution in [2.75, 3.05) is 51.8 Å². The van der Waals surface area contributed by atoms with Gasteiger partial charge in [0.1, 0.15) is 5.69 Å². The molecule has 0 bridgehead atoms. The predicted molar refractivity (Wildman–Crippen MR) is 185 cm³/mol. The normalized spacial score (nSPS) is 16.1. The van der Waals surface area contributed by atoms with Gasteiger partial charge in [0.15, 0.2) is 11.5 Å². The van der Waals surface area contributed by atoms with Crippen LogP contribution >= 0.6 is 0 Å². The van der Waals surface area contributed by atoms with Crippen LogP contribution in [0.15, 0.2) is 85.1 Å². The number of amides is 3. The highest BCUT2D eigenvalue weighted by Gasteiger charge is 2.43. The maximum atomic E-state index is 14.4. The number of nitrogens with zero attached hydrogens (tertiary/aromatic N) is 4. The number of hydrogen-bond acceptors (Lipinski definition) is 7. The van der Waals surface area contributed by atoms with Crippen molar-refractivity contribution in [1.29, 1.82) is 0 Å². The molecule has 2 aliphatic rings. The standard InChI is InChI=1S/C38H43N5O5/c1-26(27-11-6-5-7-12-27)41-21-23-42(24-22-41)31-14-8-13-29-35(31)38(46)43(37(29)45)30(28-17-18-33(47-3)34(25-28)48-4)15-9-19-39-36(44)32-16-10-20-40(32)2/h5-8,10-14,16-18,20,25-26,30H,9,15,19,21-24H2,1-4H3,(H,39,44)/t26-,30-/m1/s1. The van der Waals surface area contributed by atoms with Crippen molar-refractivity contribution in [2.24, 2.45) is 7.05 Å². The number of anilines is 1. The first-order chi connectivity index (χ1) is 23.3. The molecule has 4 aromatic rings. The predicted octanol–water partition coefficient (Wildman–Crippen LogP) is 5.47. The molecule has 10 nitrogen and oxygen atoms in total. The number of ether oxygens (including phenoxy) is 2. The van der Waals surface area contributed by atoms with Gasteiger partial charge in [-0.15, -0.1) is 0 Å². The maximum absolute atomic E-state index is 14.4. The van der Waals surface area contributed by atoms with E-state index in [0.717, 1.165) is 37.4 Å². The molecule has 3 amide bonds. The zero-order valence-electron chi connectivity index (χ0n) is 28.0. The molecule has 3 aromatic carbocycles. The number of benzene rings is 3. The van der Waals surface area contributed by atoms with E-state index in [2.05, 4.69) is 46.3 Å². The minimum absolute atomic E-state index is 0.172. The van der Waals surface area contributed by atoms with Crippen LogP contribution in [0.3, 0.4) is 0 Å². The van der Waals surface area contributed by atoms with E-state index >= 15 is 0 Å². The second kappa shape index (κ2) is 14.4. The van der Waals surface area contributed by atoms with Crippen molar-refractivity contribution in [2.45, 2.75) is 31.8 Å². The van der Waals surface area contributed by atoms with Gasteiger partial charge in [-0.05, 0) is 67.3 Å². The monoisotopic (exact) mass is 649 g/mol. The molecule has 1 saturated heterocycles. The van der Waals surface area contributed by atoms with Crippen molar-refractivity contribution in [3.8, 4) is 11.5 Å². The molecule has 1 aromatic heterocycles. The number of nitrogens with one attached hydrogen (secondary N) is 1. The third-order valence-corrected chi connectivity index (χ3v) is 9.63. The molecule has 0 radical (unpaired) electrons. The second-order valence-corrected chi connectivity index (χ2v) is 12.3. The zero-order chi connectivity index (χ0) is 33.8. The van der Waals surface area contributed by atoms with Gasteiger partial charge in [0.25, 0.3) is 17.7 Å². The first-order valence-electron chi connectivity index (χ1n) is 16.5. The Morgan fingerprint density at radius 2 is 1.58 bits per heavy atom. The largest absolute Gasteiger partial charge is 0.493 e. The summed E-state index contributed by atoms with van der Waals surface area (Å²) in [6, 6.07) is 24.8. The van der Waals surface area contributed by atoms with Gasteiger partial charge in [-0.2, -0.15) is 0 Å². The number of piperazine rings is 1. The summed E-state index contributed by atoms with van der Waals surface area (Å²) >= 11 is 0. The summed E-state index contributed by atoms with van der Waals surface area (Å²) in [6.07, 6.45) is 2.81. The molecular formula is C38H43N5O5. The van der Waals surface area contributed by atoms with Crippen LogP contribution in [0.5, 0.6) is 11.5 Å². The van der Waals surface area contributed by atoms with E-state index < -0.39 is 6.04 Å². The van der Waals surface area contributed by atoms with Crippen LogP contribution in [0.25, 0.3) is 0 Å². The number of hydrogen-bond donors (Lipinski definition) is 1. The fourth-order valence-corrected chi connectivity index (χ4v) is 6.91. The zero-order valence-corrected chi connectivity index (χ0v) is 28.0. The molecule has 1 N–H and O–H groups in total. The second-order valence-electron chi connectivity index (χ2n) is 12.3. The summed E-state index contributed by atoms with van der Waals surface area (Å²) in [5.74, 6) is 0.269. The Balaban J connectivity index is 1.23. The highest BCUT2D eigenvalue weighted by atomic mass is 16.5. The van der Waals surface area contributed by atoms with Crippen molar-refractivity contribution < 1.29 is 23.9 Å². The molecule has 10 heteroatoms. The summed E-state index contributed by atoms with van der Waals surface area (Å²) < 4.78 is 12.8. The fraction of sp³-hybridized carbons (Fsp3) is 0.342. The minimum Gasteiger partial charge on any atom is -0.493 e. The smallest absolute Gasteiger partial charge is 0.267 e. The van der Waals surface area contributed by atoms with Gasteiger partial charge in [0, 0.05) is 52.0 Å². The topological polar surface area (TPSA) is 96.4 Å². The highest BCUT2D eigenvalue weighted by molar-refractivity contribution is 6.24. The van der Waals surface area contributed by atoms with E-state index in [-0.39, 0.29) is 23.8 Å². The molecule has 3 heterocycles. The lowest BCUT2D eigenvalue weighted by Gasteiger charge is -2.39. The Bertz CT molecular complexity index is 1780. The fourth-order valence-electron chi connectivity index (χ4n) is 6.91. The Morgan fingerprint density at radius 3 is 2.27 bits per heavy atom. The number of rotatable bonds is 12. The third-order valence-electron chi connectivity index (χ3n) is 9.63. The van der Waals surface area contributed by atoms with Crippen molar-refractivity contribution >= 4 is 23.4 Å². The van der Waals surface area contributed by atoms with Crippen molar-refractivity contribution in [3.63, 3.8) is 0 Å². The molecule has 2 aliphatic heterocycles. The maximum Gasteiger partial charge on any atom is 0.267 e. The molecule has 0 unspecified atom stereocenters. The van der Waals surface area contributed by atoms with Crippen LogP contribution < -0.4 is 19.7 Å². The van der Waals surface area contributed by atoms with Gasteiger partial charge in [0.05, 0.1) is 37.1 Å². The van der Waals surface area contributed by atoms with Gasteiger partial charge in [-0.3, -0.25) is 24.2 Å². The average Bonchev–Trinajstić information content (AvgIpc) is 3.67.